The number of rotatable bonds is 6. The van der Waals surface area contributed by atoms with Crippen LogP contribution < -0.4 is 14.8 Å². The van der Waals surface area contributed by atoms with Crippen LogP contribution in [-0.2, 0) is 4.79 Å². The summed E-state index contributed by atoms with van der Waals surface area (Å²) in [6, 6.07) is 5.62. The van der Waals surface area contributed by atoms with E-state index in [2.05, 4.69) is 5.32 Å². The van der Waals surface area contributed by atoms with Gasteiger partial charge in [0.25, 0.3) is 0 Å². The Labute approximate surface area is 114 Å². The van der Waals surface area contributed by atoms with E-state index in [9.17, 15) is 4.79 Å². The van der Waals surface area contributed by atoms with Gasteiger partial charge in [-0.1, -0.05) is 0 Å². The molecule has 1 aromatic carbocycles. The molecule has 0 heterocycles. The van der Waals surface area contributed by atoms with Crippen LogP contribution in [0.4, 0.5) is 5.69 Å². The first-order valence-corrected chi connectivity index (χ1v) is 6.21. The molecular weight excluding hydrogens is 244 g/mol. The highest BCUT2D eigenvalue weighted by Crippen LogP contribution is 2.28. The Morgan fingerprint density at radius 1 is 1.32 bits per heavy atom. The van der Waals surface area contributed by atoms with Gasteiger partial charge >= 0.3 is 0 Å². The smallest absolute Gasteiger partial charge is 0.241 e. The van der Waals surface area contributed by atoms with Crippen molar-refractivity contribution in [1.82, 2.24) is 4.90 Å². The van der Waals surface area contributed by atoms with Gasteiger partial charge in [0.15, 0.2) is 0 Å². The highest BCUT2D eigenvalue weighted by atomic mass is 16.5. The summed E-state index contributed by atoms with van der Waals surface area (Å²) in [7, 11) is 4.98. The zero-order valence-electron chi connectivity index (χ0n) is 12.2. The minimum atomic E-state index is 0.0351. The van der Waals surface area contributed by atoms with Crippen molar-refractivity contribution in [3.63, 3.8) is 0 Å². The molecule has 0 saturated heterocycles. The minimum Gasteiger partial charge on any atom is -0.497 e. The molecule has 0 aliphatic rings. The summed E-state index contributed by atoms with van der Waals surface area (Å²) in [5, 5.41) is 3.08. The van der Waals surface area contributed by atoms with Gasteiger partial charge in [0.2, 0.25) is 5.91 Å². The number of anilines is 1. The van der Waals surface area contributed by atoms with E-state index in [1.807, 2.05) is 26.0 Å². The van der Waals surface area contributed by atoms with E-state index in [1.165, 1.54) is 0 Å². The van der Waals surface area contributed by atoms with Crippen molar-refractivity contribution in [2.45, 2.75) is 19.9 Å². The number of benzene rings is 1. The van der Waals surface area contributed by atoms with Gasteiger partial charge in [-0.05, 0) is 26.0 Å². The maximum atomic E-state index is 11.9. The summed E-state index contributed by atoms with van der Waals surface area (Å²) in [4.78, 5) is 13.6. The normalized spacial score (nSPS) is 10.2. The summed E-state index contributed by atoms with van der Waals surface area (Å²) in [6.45, 7) is 4.19. The van der Waals surface area contributed by atoms with Gasteiger partial charge in [-0.15, -0.1) is 0 Å². The van der Waals surface area contributed by atoms with Crippen LogP contribution in [0.2, 0.25) is 0 Å². The maximum absolute atomic E-state index is 11.9. The number of carbonyl (C=O) groups excluding carboxylic acids is 1. The molecule has 0 aliphatic heterocycles. The summed E-state index contributed by atoms with van der Waals surface area (Å²) in [5.74, 6) is 1.40. The molecule has 5 nitrogen and oxygen atoms in total. The second-order valence-electron chi connectivity index (χ2n) is 4.52. The molecule has 1 amide bonds. The fourth-order valence-corrected chi connectivity index (χ4v) is 1.53. The molecule has 1 aromatic rings. The summed E-state index contributed by atoms with van der Waals surface area (Å²) in [5.41, 5.74) is 0.772. The van der Waals surface area contributed by atoms with Crippen molar-refractivity contribution in [2.24, 2.45) is 0 Å². The molecule has 1 N–H and O–H groups in total. The van der Waals surface area contributed by atoms with E-state index in [0.717, 1.165) is 5.69 Å². The van der Waals surface area contributed by atoms with E-state index < -0.39 is 0 Å². The second-order valence-corrected chi connectivity index (χ2v) is 4.52. The van der Waals surface area contributed by atoms with Gasteiger partial charge in [-0.3, -0.25) is 4.79 Å². The quantitative estimate of drug-likeness (QED) is 0.855. The van der Waals surface area contributed by atoms with Crippen molar-refractivity contribution in [3.05, 3.63) is 18.2 Å². The predicted octanol–water partition coefficient (Wildman–Crippen LogP) is 1.98. The Kier molecular flexibility index (Phi) is 5.48. The molecule has 0 saturated carbocycles. The van der Waals surface area contributed by atoms with Gasteiger partial charge in [0.05, 0.1) is 26.5 Å². The molecule has 5 heteroatoms. The number of nitrogens with zero attached hydrogens (tertiary/aromatic N) is 1. The molecule has 0 aliphatic carbocycles. The first kappa shape index (κ1) is 15.1. The fraction of sp³-hybridized carbons (Fsp3) is 0.500. The van der Waals surface area contributed by atoms with Crippen LogP contribution in [0.5, 0.6) is 11.5 Å². The number of methoxy groups -OCH3 is 2. The van der Waals surface area contributed by atoms with Gasteiger partial charge in [0.1, 0.15) is 11.5 Å². The Bertz CT molecular complexity index is 433. The number of nitrogens with one attached hydrogen (secondary N) is 1. The first-order valence-electron chi connectivity index (χ1n) is 6.21. The number of likely N-dealkylation sites (N-methyl/N-ethyl adjacent to an activating group) is 1. The first-order chi connectivity index (χ1) is 8.99. The van der Waals surface area contributed by atoms with Crippen molar-refractivity contribution in [3.8, 4) is 11.5 Å². The van der Waals surface area contributed by atoms with Crippen molar-refractivity contribution in [1.29, 1.82) is 0 Å². The van der Waals surface area contributed by atoms with Crippen molar-refractivity contribution in [2.75, 3.05) is 33.1 Å². The third-order valence-electron chi connectivity index (χ3n) is 3.01. The Balaban J connectivity index is 2.70. The lowest BCUT2D eigenvalue weighted by Gasteiger charge is -2.22. The van der Waals surface area contributed by atoms with Crippen LogP contribution in [0.1, 0.15) is 13.8 Å². The zero-order valence-corrected chi connectivity index (χ0v) is 12.2. The maximum Gasteiger partial charge on any atom is 0.241 e. The average molecular weight is 266 g/mol. The van der Waals surface area contributed by atoms with Crippen LogP contribution in [-0.4, -0.2) is 44.7 Å². The zero-order chi connectivity index (χ0) is 14.4. The van der Waals surface area contributed by atoms with Crippen LogP contribution in [0.25, 0.3) is 0 Å². The van der Waals surface area contributed by atoms with E-state index in [1.54, 1.807) is 32.2 Å². The topological polar surface area (TPSA) is 50.8 Å². The van der Waals surface area contributed by atoms with E-state index in [0.29, 0.717) is 11.5 Å². The monoisotopic (exact) mass is 266 g/mol. The van der Waals surface area contributed by atoms with Crippen LogP contribution in [0, 0.1) is 0 Å². The lowest BCUT2D eigenvalue weighted by atomic mass is 10.2. The summed E-state index contributed by atoms with van der Waals surface area (Å²) in [6.07, 6.45) is 0. The summed E-state index contributed by atoms with van der Waals surface area (Å²) >= 11 is 0. The third-order valence-corrected chi connectivity index (χ3v) is 3.01. The number of amides is 1. The third kappa shape index (κ3) is 4.05. The highest BCUT2D eigenvalue weighted by molar-refractivity contribution is 5.81. The molecule has 19 heavy (non-hydrogen) atoms. The van der Waals surface area contributed by atoms with E-state index in [-0.39, 0.29) is 18.5 Å². The minimum absolute atomic E-state index is 0.0351. The van der Waals surface area contributed by atoms with E-state index in [4.69, 9.17) is 9.47 Å². The molecular formula is C14H22N2O3. The van der Waals surface area contributed by atoms with Crippen LogP contribution >= 0.6 is 0 Å². The van der Waals surface area contributed by atoms with Crippen molar-refractivity contribution >= 4 is 11.6 Å². The molecule has 0 spiro atoms. The van der Waals surface area contributed by atoms with Gasteiger partial charge in [-0.2, -0.15) is 0 Å². The van der Waals surface area contributed by atoms with E-state index >= 15 is 0 Å². The largest absolute Gasteiger partial charge is 0.497 e. The van der Waals surface area contributed by atoms with Crippen LogP contribution in [0.3, 0.4) is 0 Å². The van der Waals surface area contributed by atoms with Gasteiger partial charge in [-0.25, -0.2) is 0 Å². The predicted molar refractivity (Wildman–Crippen MR) is 75.9 cm³/mol. The number of ether oxygens (including phenoxy) is 2. The average Bonchev–Trinajstić information content (AvgIpc) is 2.43. The lowest BCUT2D eigenvalue weighted by Crippen LogP contribution is -2.37. The standard InChI is InChI=1S/C14H22N2O3/c1-10(2)16(3)14(17)9-15-12-7-6-11(18-4)8-13(12)19-5/h6-8,10,15H,9H2,1-5H3. The molecule has 0 fully saturated rings. The molecule has 106 valence electrons. The number of carbonyl (C=O) groups is 1. The highest BCUT2D eigenvalue weighted by Gasteiger charge is 2.12. The Morgan fingerprint density at radius 3 is 2.53 bits per heavy atom. The molecule has 1 rings (SSSR count). The van der Waals surface area contributed by atoms with Gasteiger partial charge in [0, 0.05) is 19.2 Å². The second kappa shape index (κ2) is 6.87. The molecule has 0 atom stereocenters. The van der Waals surface area contributed by atoms with Crippen molar-refractivity contribution < 1.29 is 14.3 Å². The molecule has 0 bridgehead atoms. The SMILES string of the molecule is COc1ccc(NCC(=O)N(C)C(C)C)c(OC)c1. The number of hydrogen-bond acceptors (Lipinski definition) is 4. The Morgan fingerprint density at radius 2 is 2.00 bits per heavy atom. The van der Waals surface area contributed by atoms with Crippen LogP contribution in [0.15, 0.2) is 18.2 Å². The van der Waals surface area contributed by atoms with Gasteiger partial charge < -0.3 is 19.7 Å². The Hall–Kier alpha value is -1.91. The molecule has 0 radical (unpaired) electrons. The lowest BCUT2D eigenvalue weighted by molar-refractivity contribution is -0.129. The molecule has 0 unspecified atom stereocenters. The summed E-state index contributed by atoms with van der Waals surface area (Å²) < 4.78 is 10.4. The number of hydrogen-bond donors (Lipinski definition) is 1. The fourth-order valence-electron chi connectivity index (χ4n) is 1.53. The molecule has 0 aromatic heterocycles.